The number of hydrogen-bond acceptors (Lipinski definition) is 2. The summed E-state index contributed by atoms with van der Waals surface area (Å²) in [6.07, 6.45) is 0. The van der Waals surface area contributed by atoms with E-state index < -0.39 is 0 Å². The van der Waals surface area contributed by atoms with Gasteiger partial charge in [0.25, 0.3) is 0 Å². The molecule has 0 heterocycles. The van der Waals surface area contributed by atoms with Crippen molar-refractivity contribution in [1.82, 2.24) is 0 Å². The van der Waals surface area contributed by atoms with Crippen molar-refractivity contribution in [2.45, 2.75) is 13.8 Å². The van der Waals surface area contributed by atoms with Crippen molar-refractivity contribution >= 4 is 5.97 Å². The highest BCUT2D eigenvalue weighted by molar-refractivity contribution is 5.89. The van der Waals surface area contributed by atoms with Gasteiger partial charge in [-0.2, -0.15) is 0 Å². The minimum Gasteiger partial charge on any atom is -0.462 e. The van der Waals surface area contributed by atoms with Crippen LogP contribution in [0.15, 0.2) is 60.7 Å². The van der Waals surface area contributed by atoms with Crippen LogP contribution >= 0.6 is 0 Å². The number of benzene rings is 2. The van der Waals surface area contributed by atoms with Crippen LogP contribution in [0.4, 0.5) is 0 Å². The second-order valence-corrected chi connectivity index (χ2v) is 3.74. The molecule has 0 radical (unpaired) electrons. The van der Waals surface area contributed by atoms with Crippen LogP contribution in [-0.2, 0) is 4.74 Å². The molecule has 0 bridgehead atoms. The van der Waals surface area contributed by atoms with Crippen LogP contribution < -0.4 is 0 Å². The van der Waals surface area contributed by atoms with E-state index in [9.17, 15) is 4.79 Å². The maximum Gasteiger partial charge on any atom is 0.338 e. The summed E-state index contributed by atoms with van der Waals surface area (Å²) in [5.74, 6) is -0.256. The maximum atomic E-state index is 11.0. The van der Waals surface area contributed by atoms with Gasteiger partial charge in [0.05, 0.1) is 12.2 Å². The number of rotatable bonds is 2. The number of aryl methyl sites for hydroxylation is 1. The molecule has 0 aliphatic rings. The zero-order chi connectivity index (χ0) is 13.2. The molecule has 2 rings (SSSR count). The molecule has 0 aliphatic carbocycles. The Balaban J connectivity index is 0.000000199. The standard InChI is InChI=1S/C9H10O2.C7H8/c1-2-11-9(10)8-6-4-3-5-7-8;1-7-5-3-2-4-6-7/h3-7H,2H2,1H3;2-6H,1H3. The molecule has 0 atom stereocenters. The van der Waals surface area contributed by atoms with E-state index in [-0.39, 0.29) is 5.97 Å². The van der Waals surface area contributed by atoms with Gasteiger partial charge in [0.15, 0.2) is 0 Å². The lowest BCUT2D eigenvalue weighted by molar-refractivity contribution is 0.0526. The minimum atomic E-state index is -0.256. The van der Waals surface area contributed by atoms with Gasteiger partial charge in [-0.15, -0.1) is 0 Å². The fourth-order valence-corrected chi connectivity index (χ4v) is 1.32. The van der Waals surface area contributed by atoms with E-state index in [1.807, 2.05) is 36.4 Å². The second kappa shape index (κ2) is 8.07. The number of esters is 1. The summed E-state index contributed by atoms with van der Waals surface area (Å²) in [6, 6.07) is 19.2. The fourth-order valence-electron chi connectivity index (χ4n) is 1.32. The van der Waals surface area contributed by atoms with Gasteiger partial charge in [0, 0.05) is 0 Å². The average Bonchev–Trinajstić information content (AvgIpc) is 2.42. The van der Waals surface area contributed by atoms with Crippen LogP contribution in [0.2, 0.25) is 0 Å². The zero-order valence-corrected chi connectivity index (χ0v) is 10.8. The van der Waals surface area contributed by atoms with Crippen molar-refractivity contribution in [1.29, 1.82) is 0 Å². The fraction of sp³-hybridized carbons (Fsp3) is 0.188. The molecule has 2 nitrogen and oxygen atoms in total. The highest BCUT2D eigenvalue weighted by atomic mass is 16.5. The molecule has 0 aliphatic heterocycles. The molecule has 0 aromatic heterocycles. The van der Waals surface area contributed by atoms with Gasteiger partial charge in [-0.25, -0.2) is 4.79 Å². The molecule has 0 unspecified atom stereocenters. The highest BCUT2D eigenvalue weighted by Gasteiger charge is 2.02. The lowest BCUT2D eigenvalue weighted by Crippen LogP contribution is -2.03. The van der Waals surface area contributed by atoms with Gasteiger partial charge in [0.1, 0.15) is 0 Å². The topological polar surface area (TPSA) is 26.3 Å². The van der Waals surface area contributed by atoms with Crippen LogP contribution in [0.25, 0.3) is 0 Å². The van der Waals surface area contributed by atoms with E-state index in [0.717, 1.165) is 0 Å². The van der Waals surface area contributed by atoms with E-state index in [2.05, 4.69) is 19.1 Å². The van der Waals surface area contributed by atoms with E-state index in [1.165, 1.54) is 5.56 Å². The number of carbonyl (C=O) groups excluding carboxylic acids is 1. The van der Waals surface area contributed by atoms with E-state index in [0.29, 0.717) is 12.2 Å². The Kier molecular flexibility index (Phi) is 6.26. The highest BCUT2D eigenvalue weighted by Crippen LogP contribution is 1.99. The lowest BCUT2D eigenvalue weighted by atomic mass is 10.2. The molecule has 18 heavy (non-hydrogen) atoms. The van der Waals surface area contributed by atoms with Crippen molar-refractivity contribution in [2.75, 3.05) is 6.61 Å². The Labute approximate surface area is 108 Å². The largest absolute Gasteiger partial charge is 0.462 e. The second-order valence-electron chi connectivity index (χ2n) is 3.74. The Morgan fingerprint density at radius 3 is 1.83 bits per heavy atom. The van der Waals surface area contributed by atoms with Crippen LogP contribution in [0, 0.1) is 6.92 Å². The quantitative estimate of drug-likeness (QED) is 0.747. The van der Waals surface area contributed by atoms with Crippen molar-refractivity contribution in [3.05, 3.63) is 71.8 Å². The summed E-state index contributed by atoms with van der Waals surface area (Å²) in [5.41, 5.74) is 1.93. The average molecular weight is 242 g/mol. The molecule has 2 heteroatoms. The smallest absolute Gasteiger partial charge is 0.338 e. The molecular weight excluding hydrogens is 224 g/mol. The SMILES string of the molecule is CCOC(=O)c1ccccc1.Cc1ccccc1. The van der Waals surface area contributed by atoms with Crippen molar-refractivity contribution < 1.29 is 9.53 Å². The summed E-state index contributed by atoms with van der Waals surface area (Å²) in [4.78, 5) is 11.0. The maximum absolute atomic E-state index is 11.0. The summed E-state index contributed by atoms with van der Waals surface area (Å²) in [5, 5.41) is 0. The van der Waals surface area contributed by atoms with Crippen LogP contribution in [0.1, 0.15) is 22.8 Å². The molecular formula is C16H18O2. The minimum absolute atomic E-state index is 0.256. The summed E-state index contributed by atoms with van der Waals surface area (Å²) >= 11 is 0. The summed E-state index contributed by atoms with van der Waals surface area (Å²) in [6.45, 7) is 4.30. The van der Waals surface area contributed by atoms with E-state index >= 15 is 0 Å². The molecule has 0 saturated carbocycles. The van der Waals surface area contributed by atoms with Gasteiger partial charge in [-0.05, 0) is 26.0 Å². The van der Waals surface area contributed by atoms with E-state index in [4.69, 9.17) is 4.74 Å². The first kappa shape index (κ1) is 14.0. The lowest BCUT2D eigenvalue weighted by Gasteiger charge is -1.99. The molecule has 2 aromatic carbocycles. The normalized spacial score (nSPS) is 9.00. The molecule has 0 N–H and O–H groups in total. The number of ether oxygens (including phenoxy) is 1. The monoisotopic (exact) mass is 242 g/mol. The Morgan fingerprint density at radius 1 is 0.944 bits per heavy atom. The van der Waals surface area contributed by atoms with E-state index in [1.54, 1.807) is 19.1 Å². The van der Waals surface area contributed by atoms with Crippen molar-refractivity contribution in [3.63, 3.8) is 0 Å². The van der Waals surface area contributed by atoms with Crippen molar-refractivity contribution in [2.24, 2.45) is 0 Å². The molecule has 0 fully saturated rings. The first-order valence-electron chi connectivity index (χ1n) is 5.98. The van der Waals surface area contributed by atoms with Crippen LogP contribution in [-0.4, -0.2) is 12.6 Å². The number of carbonyl (C=O) groups is 1. The van der Waals surface area contributed by atoms with Gasteiger partial charge >= 0.3 is 5.97 Å². The number of hydrogen-bond donors (Lipinski definition) is 0. The Morgan fingerprint density at radius 2 is 1.44 bits per heavy atom. The van der Waals surface area contributed by atoms with Gasteiger partial charge in [-0.3, -0.25) is 0 Å². The molecule has 0 saturated heterocycles. The molecule has 2 aromatic rings. The van der Waals surface area contributed by atoms with Crippen LogP contribution in [0.3, 0.4) is 0 Å². The predicted octanol–water partition coefficient (Wildman–Crippen LogP) is 3.86. The molecule has 94 valence electrons. The van der Waals surface area contributed by atoms with Gasteiger partial charge in [0.2, 0.25) is 0 Å². The summed E-state index contributed by atoms with van der Waals surface area (Å²) < 4.78 is 4.79. The third-order valence-electron chi connectivity index (χ3n) is 2.23. The molecule has 0 amide bonds. The predicted molar refractivity (Wildman–Crippen MR) is 73.6 cm³/mol. The third-order valence-corrected chi connectivity index (χ3v) is 2.23. The van der Waals surface area contributed by atoms with Gasteiger partial charge < -0.3 is 4.74 Å². The first-order valence-corrected chi connectivity index (χ1v) is 5.98. The van der Waals surface area contributed by atoms with Crippen LogP contribution in [0.5, 0.6) is 0 Å². The summed E-state index contributed by atoms with van der Waals surface area (Å²) in [7, 11) is 0. The Bertz CT molecular complexity index is 449. The molecule has 0 spiro atoms. The first-order chi connectivity index (χ1) is 8.74. The van der Waals surface area contributed by atoms with Gasteiger partial charge in [-0.1, -0.05) is 54.1 Å². The van der Waals surface area contributed by atoms with Crippen molar-refractivity contribution in [3.8, 4) is 0 Å². The zero-order valence-electron chi connectivity index (χ0n) is 10.8. The third kappa shape index (κ3) is 5.30. The Hall–Kier alpha value is -2.09.